The molecule has 2 heteroatoms. The van der Waals surface area contributed by atoms with Crippen LogP contribution in [0.15, 0.2) is 54.9 Å². The lowest BCUT2D eigenvalue weighted by molar-refractivity contribution is 0.276. The van der Waals surface area contributed by atoms with Gasteiger partial charge in [-0.05, 0) is 48.8 Å². The molecule has 2 aromatic rings. The van der Waals surface area contributed by atoms with Gasteiger partial charge in [-0.15, -0.1) is 0 Å². The second kappa shape index (κ2) is 5.14. The number of nitrogens with zero attached hydrogens (tertiary/aromatic N) is 1. The van der Waals surface area contributed by atoms with Crippen LogP contribution in [0.4, 0.5) is 0 Å². The van der Waals surface area contributed by atoms with Gasteiger partial charge in [-0.3, -0.25) is 4.98 Å². The van der Waals surface area contributed by atoms with Crippen molar-refractivity contribution >= 4 is 0 Å². The Morgan fingerprint density at radius 2 is 1.74 bits per heavy atom. The Labute approximate surface area is 114 Å². The van der Waals surface area contributed by atoms with Gasteiger partial charge >= 0.3 is 0 Å². The van der Waals surface area contributed by atoms with Gasteiger partial charge in [-0.2, -0.15) is 0 Å². The largest absolute Gasteiger partial charge is 0.321 e. The summed E-state index contributed by atoms with van der Waals surface area (Å²) in [6.07, 6.45) is 8.13. The Kier molecular flexibility index (Phi) is 3.34. The third-order valence-corrected chi connectivity index (χ3v) is 4.39. The molecule has 0 aliphatic heterocycles. The molecule has 1 aromatic carbocycles. The van der Waals surface area contributed by atoms with Crippen LogP contribution in [-0.4, -0.2) is 4.98 Å². The zero-order valence-corrected chi connectivity index (χ0v) is 11.1. The highest BCUT2D eigenvalue weighted by Crippen LogP contribution is 2.41. The average Bonchev–Trinajstić information content (AvgIpc) is 2.50. The monoisotopic (exact) mass is 252 g/mol. The van der Waals surface area contributed by atoms with E-state index < -0.39 is 0 Å². The molecule has 0 amide bonds. The molecule has 1 heterocycles. The van der Waals surface area contributed by atoms with E-state index in [0.717, 1.165) is 25.7 Å². The average molecular weight is 252 g/mol. The summed E-state index contributed by atoms with van der Waals surface area (Å²) in [4.78, 5) is 4.20. The van der Waals surface area contributed by atoms with E-state index in [9.17, 15) is 0 Å². The van der Waals surface area contributed by atoms with Gasteiger partial charge in [-0.1, -0.05) is 36.4 Å². The first kappa shape index (κ1) is 12.4. The van der Waals surface area contributed by atoms with Gasteiger partial charge in [0.25, 0.3) is 0 Å². The number of hydrogen-bond acceptors (Lipinski definition) is 2. The van der Waals surface area contributed by atoms with Crippen LogP contribution in [0.1, 0.15) is 42.7 Å². The SMILES string of the molecule is NC1(c2cccnc2)CCC(c2ccccc2)CC1. The minimum absolute atomic E-state index is 0.181. The van der Waals surface area contributed by atoms with E-state index in [2.05, 4.69) is 41.4 Å². The molecule has 1 aliphatic carbocycles. The molecule has 1 aliphatic rings. The lowest BCUT2D eigenvalue weighted by Gasteiger charge is -2.37. The molecule has 3 rings (SSSR count). The summed E-state index contributed by atoms with van der Waals surface area (Å²) < 4.78 is 0. The summed E-state index contributed by atoms with van der Waals surface area (Å²) in [5.41, 5.74) is 9.04. The number of pyridine rings is 1. The molecular formula is C17H20N2. The van der Waals surface area contributed by atoms with Crippen LogP contribution in [-0.2, 0) is 5.54 Å². The van der Waals surface area contributed by atoms with E-state index in [1.807, 2.05) is 18.5 Å². The van der Waals surface area contributed by atoms with Crippen molar-refractivity contribution in [1.29, 1.82) is 0 Å². The molecule has 19 heavy (non-hydrogen) atoms. The van der Waals surface area contributed by atoms with Crippen LogP contribution in [0.25, 0.3) is 0 Å². The van der Waals surface area contributed by atoms with Crippen LogP contribution in [0.2, 0.25) is 0 Å². The third kappa shape index (κ3) is 2.54. The molecule has 1 saturated carbocycles. The predicted molar refractivity (Wildman–Crippen MR) is 77.8 cm³/mol. The molecule has 1 aromatic heterocycles. The molecule has 2 N–H and O–H groups in total. The maximum atomic E-state index is 6.58. The predicted octanol–water partition coefficient (Wildman–Crippen LogP) is 3.59. The molecule has 0 spiro atoms. The molecule has 0 saturated heterocycles. The fourth-order valence-corrected chi connectivity index (χ4v) is 3.14. The van der Waals surface area contributed by atoms with Crippen molar-refractivity contribution in [3.63, 3.8) is 0 Å². The second-order valence-corrected chi connectivity index (χ2v) is 5.58. The van der Waals surface area contributed by atoms with E-state index in [-0.39, 0.29) is 5.54 Å². The van der Waals surface area contributed by atoms with Gasteiger partial charge in [0, 0.05) is 17.9 Å². The molecule has 98 valence electrons. The Balaban J connectivity index is 1.73. The highest BCUT2D eigenvalue weighted by atomic mass is 14.8. The fraction of sp³-hybridized carbons (Fsp3) is 0.353. The van der Waals surface area contributed by atoms with Gasteiger partial charge in [0.1, 0.15) is 0 Å². The maximum absolute atomic E-state index is 6.58. The molecule has 0 unspecified atom stereocenters. The minimum atomic E-state index is -0.181. The molecule has 0 atom stereocenters. The van der Waals surface area contributed by atoms with Gasteiger partial charge in [0.2, 0.25) is 0 Å². The summed E-state index contributed by atoms with van der Waals surface area (Å²) in [7, 11) is 0. The second-order valence-electron chi connectivity index (χ2n) is 5.58. The zero-order valence-electron chi connectivity index (χ0n) is 11.1. The van der Waals surface area contributed by atoms with Crippen molar-refractivity contribution in [3.8, 4) is 0 Å². The number of rotatable bonds is 2. The number of hydrogen-bond donors (Lipinski definition) is 1. The van der Waals surface area contributed by atoms with Gasteiger partial charge in [0.05, 0.1) is 0 Å². The van der Waals surface area contributed by atoms with Crippen LogP contribution in [0, 0.1) is 0 Å². The molecule has 1 fully saturated rings. The van der Waals surface area contributed by atoms with E-state index in [0.29, 0.717) is 5.92 Å². The van der Waals surface area contributed by atoms with E-state index in [1.165, 1.54) is 11.1 Å². The van der Waals surface area contributed by atoms with Crippen molar-refractivity contribution in [1.82, 2.24) is 4.98 Å². The lowest BCUT2D eigenvalue weighted by atomic mass is 9.72. The van der Waals surface area contributed by atoms with Crippen molar-refractivity contribution < 1.29 is 0 Å². The molecule has 2 nitrogen and oxygen atoms in total. The Morgan fingerprint density at radius 1 is 1.00 bits per heavy atom. The standard InChI is InChI=1S/C17H20N2/c18-17(16-7-4-12-19-13-16)10-8-15(9-11-17)14-5-2-1-3-6-14/h1-7,12-13,15H,8-11,18H2. The first-order valence-corrected chi connectivity index (χ1v) is 7.02. The molecule has 0 bridgehead atoms. The maximum Gasteiger partial charge on any atom is 0.0425 e. The third-order valence-electron chi connectivity index (χ3n) is 4.39. The highest BCUT2D eigenvalue weighted by Gasteiger charge is 2.33. The smallest absolute Gasteiger partial charge is 0.0425 e. The number of aromatic nitrogens is 1. The summed E-state index contributed by atoms with van der Waals surface area (Å²) in [5.74, 6) is 0.662. The quantitative estimate of drug-likeness (QED) is 0.887. The number of nitrogens with two attached hydrogens (primary N) is 1. The van der Waals surface area contributed by atoms with Crippen molar-refractivity contribution in [3.05, 3.63) is 66.0 Å². The van der Waals surface area contributed by atoms with Gasteiger partial charge < -0.3 is 5.73 Å². The first-order chi connectivity index (χ1) is 9.28. The van der Waals surface area contributed by atoms with E-state index in [1.54, 1.807) is 0 Å². The van der Waals surface area contributed by atoms with Gasteiger partial charge in [0.15, 0.2) is 0 Å². The Hall–Kier alpha value is -1.67. The van der Waals surface area contributed by atoms with Crippen LogP contribution in [0.5, 0.6) is 0 Å². The van der Waals surface area contributed by atoms with Crippen LogP contribution < -0.4 is 5.73 Å². The van der Waals surface area contributed by atoms with E-state index >= 15 is 0 Å². The summed E-state index contributed by atoms with van der Waals surface area (Å²) in [6.45, 7) is 0. The Morgan fingerprint density at radius 3 is 2.37 bits per heavy atom. The number of benzene rings is 1. The topological polar surface area (TPSA) is 38.9 Å². The van der Waals surface area contributed by atoms with Crippen molar-refractivity contribution in [2.45, 2.75) is 37.1 Å². The minimum Gasteiger partial charge on any atom is -0.321 e. The van der Waals surface area contributed by atoms with Crippen molar-refractivity contribution in [2.75, 3.05) is 0 Å². The van der Waals surface area contributed by atoms with E-state index in [4.69, 9.17) is 5.73 Å². The zero-order chi connectivity index (χ0) is 13.1. The van der Waals surface area contributed by atoms with Crippen molar-refractivity contribution in [2.24, 2.45) is 5.73 Å². The highest BCUT2D eigenvalue weighted by molar-refractivity contribution is 5.25. The normalized spacial score (nSPS) is 27.1. The fourth-order valence-electron chi connectivity index (χ4n) is 3.14. The molecule has 0 radical (unpaired) electrons. The first-order valence-electron chi connectivity index (χ1n) is 7.02. The summed E-state index contributed by atoms with van der Waals surface area (Å²) in [6, 6.07) is 14.9. The summed E-state index contributed by atoms with van der Waals surface area (Å²) in [5, 5.41) is 0. The summed E-state index contributed by atoms with van der Waals surface area (Å²) >= 11 is 0. The van der Waals surface area contributed by atoms with Crippen LogP contribution >= 0.6 is 0 Å². The Bertz CT molecular complexity index is 513. The van der Waals surface area contributed by atoms with Crippen LogP contribution in [0.3, 0.4) is 0 Å². The van der Waals surface area contributed by atoms with Gasteiger partial charge in [-0.25, -0.2) is 0 Å². The lowest BCUT2D eigenvalue weighted by Crippen LogP contribution is -2.40. The molecular weight excluding hydrogens is 232 g/mol.